The van der Waals surface area contributed by atoms with Crippen LogP contribution in [0.1, 0.15) is 12.5 Å². The summed E-state index contributed by atoms with van der Waals surface area (Å²) >= 11 is 0. The lowest BCUT2D eigenvalue weighted by Crippen LogP contribution is -2.65. The van der Waals surface area contributed by atoms with Crippen molar-refractivity contribution in [1.29, 1.82) is 0 Å². The van der Waals surface area contributed by atoms with Crippen molar-refractivity contribution in [3.05, 3.63) is 24.2 Å². The summed E-state index contributed by atoms with van der Waals surface area (Å²) in [6.45, 7) is 2.62. The summed E-state index contributed by atoms with van der Waals surface area (Å²) in [4.78, 5) is 23.7. The zero-order valence-electron chi connectivity index (χ0n) is 10.6. The molecule has 0 atom stereocenters. The molecule has 0 unspecified atom stereocenters. The van der Waals surface area contributed by atoms with Crippen LogP contribution in [0.25, 0.3) is 0 Å². The van der Waals surface area contributed by atoms with Gasteiger partial charge in [0.25, 0.3) is 0 Å². The maximum absolute atomic E-state index is 11.8. The fourth-order valence-corrected chi connectivity index (χ4v) is 1.91. The van der Waals surface area contributed by atoms with E-state index in [1.807, 2.05) is 0 Å². The zero-order chi connectivity index (χ0) is 13.9. The Bertz CT molecular complexity index is 451. The molecule has 104 valence electrons. The minimum absolute atomic E-state index is 0.197. The van der Waals surface area contributed by atoms with Crippen LogP contribution in [0.2, 0.25) is 0 Å². The van der Waals surface area contributed by atoms with E-state index in [9.17, 15) is 9.59 Å². The van der Waals surface area contributed by atoms with Crippen LogP contribution in [-0.4, -0.2) is 47.3 Å². The first-order valence-electron chi connectivity index (χ1n) is 5.88. The third-order valence-electron chi connectivity index (χ3n) is 2.91. The predicted octanol–water partition coefficient (Wildman–Crippen LogP) is 0.665. The first-order chi connectivity index (χ1) is 8.98. The highest BCUT2D eigenvalue weighted by Gasteiger charge is 2.42. The van der Waals surface area contributed by atoms with Gasteiger partial charge in [0.05, 0.1) is 25.6 Å². The van der Waals surface area contributed by atoms with Gasteiger partial charge in [0.1, 0.15) is 12.2 Å². The van der Waals surface area contributed by atoms with Crippen molar-refractivity contribution in [3.8, 4) is 0 Å². The van der Waals surface area contributed by atoms with E-state index in [0.29, 0.717) is 19.6 Å². The Morgan fingerprint density at radius 1 is 1.58 bits per heavy atom. The number of furan rings is 1. The van der Waals surface area contributed by atoms with Crippen molar-refractivity contribution >= 4 is 12.0 Å². The fraction of sp³-hybridized carbons (Fsp3) is 0.500. The summed E-state index contributed by atoms with van der Waals surface area (Å²) < 4.78 is 10.1. The van der Waals surface area contributed by atoms with Crippen molar-refractivity contribution in [1.82, 2.24) is 10.2 Å². The van der Waals surface area contributed by atoms with E-state index in [-0.39, 0.29) is 12.6 Å². The van der Waals surface area contributed by atoms with Crippen molar-refractivity contribution in [2.45, 2.75) is 19.1 Å². The lowest BCUT2D eigenvalue weighted by molar-refractivity contribution is -0.159. The summed E-state index contributed by atoms with van der Waals surface area (Å²) in [6.07, 6.45) is 3.11. The van der Waals surface area contributed by atoms with Crippen LogP contribution >= 0.6 is 0 Å². The van der Waals surface area contributed by atoms with E-state index in [0.717, 1.165) is 5.56 Å². The van der Waals surface area contributed by atoms with Gasteiger partial charge in [-0.3, -0.25) is 0 Å². The van der Waals surface area contributed by atoms with Crippen LogP contribution in [0, 0.1) is 0 Å². The number of likely N-dealkylation sites (tertiary alicyclic amines) is 1. The van der Waals surface area contributed by atoms with Crippen molar-refractivity contribution in [2.24, 2.45) is 0 Å². The quantitative estimate of drug-likeness (QED) is 0.818. The average molecular weight is 268 g/mol. The molecule has 0 spiro atoms. The molecule has 1 aromatic rings. The molecule has 0 aromatic carbocycles. The van der Waals surface area contributed by atoms with Crippen LogP contribution in [0.15, 0.2) is 23.0 Å². The molecule has 2 rings (SSSR count). The van der Waals surface area contributed by atoms with Crippen molar-refractivity contribution in [2.75, 3.05) is 19.7 Å². The van der Waals surface area contributed by atoms with Crippen LogP contribution in [0.3, 0.4) is 0 Å². The van der Waals surface area contributed by atoms with Gasteiger partial charge in [0.2, 0.25) is 0 Å². The third-order valence-corrected chi connectivity index (χ3v) is 2.91. The molecule has 1 saturated heterocycles. The number of carbonyl (C=O) groups is 2. The van der Waals surface area contributed by atoms with Crippen LogP contribution in [0.5, 0.6) is 0 Å². The van der Waals surface area contributed by atoms with Gasteiger partial charge >= 0.3 is 12.0 Å². The molecule has 7 nitrogen and oxygen atoms in total. The minimum Gasteiger partial charge on any atom is -0.480 e. The zero-order valence-corrected chi connectivity index (χ0v) is 10.6. The van der Waals surface area contributed by atoms with E-state index in [4.69, 9.17) is 14.3 Å². The summed E-state index contributed by atoms with van der Waals surface area (Å²) in [6, 6.07) is 1.58. The molecule has 0 aliphatic carbocycles. The molecule has 2 N–H and O–H groups in total. The van der Waals surface area contributed by atoms with Crippen LogP contribution < -0.4 is 5.32 Å². The second-order valence-electron chi connectivity index (χ2n) is 4.78. The van der Waals surface area contributed by atoms with Gasteiger partial charge in [-0.05, 0) is 13.0 Å². The maximum Gasteiger partial charge on any atom is 0.329 e. The normalized spacial score (nSPS) is 16.8. The minimum atomic E-state index is -1.01. The molecule has 0 bridgehead atoms. The van der Waals surface area contributed by atoms with Gasteiger partial charge < -0.3 is 24.5 Å². The summed E-state index contributed by atoms with van der Waals surface area (Å²) in [5.74, 6) is -1.01. The Labute approximate surface area is 110 Å². The highest BCUT2D eigenvalue weighted by molar-refractivity contribution is 5.75. The fourth-order valence-electron chi connectivity index (χ4n) is 1.91. The highest BCUT2D eigenvalue weighted by Crippen LogP contribution is 2.24. The Morgan fingerprint density at radius 2 is 2.32 bits per heavy atom. The molecular formula is C12H16N2O5. The molecular weight excluding hydrogens is 252 g/mol. The van der Waals surface area contributed by atoms with E-state index < -0.39 is 11.6 Å². The van der Waals surface area contributed by atoms with Gasteiger partial charge in [-0.2, -0.15) is 0 Å². The molecule has 19 heavy (non-hydrogen) atoms. The second kappa shape index (κ2) is 5.31. The lowest BCUT2D eigenvalue weighted by Gasteiger charge is -2.46. The average Bonchev–Trinajstić information content (AvgIpc) is 2.83. The number of carboxylic acids is 1. The van der Waals surface area contributed by atoms with Gasteiger partial charge in [0, 0.05) is 12.1 Å². The highest BCUT2D eigenvalue weighted by atomic mass is 16.5. The summed E-state index contributed by atoms with van der Waals surface area (Å²) in [5, 5.41) is 11.3. The number of nitrogens with zero attached hydrogens (tertiary/aromatic N) is 1. The number of amides is 2. The number of urea groups is 1. The molecule has 1 aliphatic heterocycles. The Balaban J connectivity index is 1.70. The third kappa shape index (κ3) is 3.47. The molecule has 2 heterocycles. The van der Waals surface area contributed by atoms with Gasteiger partial charge in [-0.25, -0.2) is 9.59 Å². The molecule has 0 radical (unpaired) electrons. The second-order valence-corrected chi connectivity index (χ2v) is 4.78. The molecule has 2 amide bonds. The SMILES string of the molecule is CC1(OCC(=O)O)CN(C(=O)NCc2ccoc2)C1. The smallest absolute Gasteiger partial charge is 0.329 e. The first-order valence-corrected chi connectivity index (χ1v) is 5.88. The van der Waals surface area contributed by atoms with E-state index in [1.165, 1.54) is 0 Å². The molecule has 7 heteroatoms. The maximum atomic E-state index is 11.8. The molecule has 1 aliphatic rings. The number of carbonyl (C=O) groups excluding carboxylic acids is 1. The van der Waals surface area contributed by atoms with Crippen molar-refractivity contribution in [3.63, 3.8) is 0 Å². The van der Waals surface area contributed by atoms with Gasteiger partial charge in [-0.15, -0.1) is 0 Å². The molecule has 1 aromatic heterocycles. The van der Waals surface area contributed by atoms with Crippen LogP contribution in [-0.2, 0) is 16.1 Å². The molecule has 0 saturated carbocycles. The number of nitrogens with one attached hydrogen (secondary N) is 1. The Kier molecular flexibility index (Phi) is 3.75. The number of hydrogen-bond acceptors (Lipinski definition) is 4. The van der Waals surface area contributed by atoms with E-state index in [2.05, 4.69) is 5.32 Å². The predicted molar refractivity (Wildman–Crippen MR) is 64.5 cm³/mol. The molecule has 1 fully saturated rings. The number of aliphatic carboxylic acids is 1. The number of hydrogen-bond donors (Lipinski definition) is 2. The Morgan fingerprint density at radius 3 is 2.89 bits per heavy atom. The number of carboxylic acid groups (broad SMARTS) is 1. The lowest BCUT2D eigenvalue weighted by atomic mass is 9.97. The Hall–Kier alpha value is -2.02. The topological polar surface area (TPSA) is 92.0 Å². The van der Waals surface area contributed by atoms with Crippen molar-refractivity contribution < 1.29 is 23.8 Å². The number of ether oxygens (including phenoxy) is 1. The largest absolute Gasteiger partial charge is 0.480 e. The first kappa shape index (κ1) is 13.4. The number of rotatable bonds is 5. The monoisotopic (exact) mass is 268 g/mol. The summed E-state index contributed by atoms with van der Waals surface area (Å²) in [5.41, 5.74) is 0.324. The summed E-state index contributed by atoms with van der Waals surface area (Å²) in [7, 11) is 0. The van der Waals surface area contributed by atoms with E-state index >= 15 is 0 Å². The van der Waals surface area contributed by atoms with Crippen LogP contribution in [0.4, 0.5) is 4.79 Å². The van der Waals surface area contributed by atoms with E-state index in [1.54, 1.807) is 30.4 Å². The van der Waals surface area contributed by atoms with Gasteiger partial charge in [-0.1, -0.05) is 0 Å². The van der Waals surface area contributed by atoms with Gasteiger partial charge in [0.15, 0.2) is 0 Å². The standard InChI is InChI=1S/C12H16N2O5/c1-12(19-6-10(15)16)7-14(8-12)11(17)13-4-9-2-3-18-5-9/h2-3,5H,4,6-8H2,1H3,(H,13,17)(H,15,16).